The number of fused-ring (bicyclic) bond motifs is 1. The summed E-state index contributed by atoms with van der Waals surface area (Å²) in [6.45, 7) is 4.91. The number of benzene rings is 1. The van der Waals surface area contributed by atoms with Gasteiger partial charge in [0.15, 0.2) is 0 Å². The van der Waals surface area contributed by atoms with Gasteiger partial charge in [0, 0.05) is 24.3 Å². The topological polar surface area (TPSA) is 53.6 Å². The van der Waals surface area contributed by atoms with Crippen LogP contribution in [0.2, 0.25) is 0 Å². The molecule has 1 aromatic carbocycles. The van der Waals surface area contributed by atoms with Crippen LogP contribution >= 0.6 is 0 Å². The van der Waals surface area contributed by atoms with Gasteiger partial charge in [-0.1, -0.05) is 12.1 Å². The van der Waals surface area contributed by atoms with Crippen molar-refractivity contribution >= 4 is 0 Å². The van der Waals surface area contributed by atoms with Gasteiger partial charge < -0.3 is 9.88 Å². The van der Waals surface area contributed by atoms with E-state index >= 15 is 0 Å². The Morgan fingerprint density at radius 2 is 2.11 bits per heavy atom. The van der Waals surface area contributed by atoms with Crippen LogP contribution in [0.4, 0.5) is 0 Å². The molecule has 0 amide bonds. The van der Waals surface area contributed by atoms with E-state index in [4.69, 9.17) is 10.2 Å². The highest BCUT2D eigenvalue weighted by Crippen LogP contribution is 2.24. The van der Waals surface area contributed by atoms with Gasteiger partial charge in [0.25, 0.3) is 0 Å². The molecule has 0 aliphatic carbocycles. The van der Waals surface area contributed by atoms with Gasteiger partial charge in [-0.3, -0.25) is 0 Å². The van der Waals surface area contributed by atoms with E-state index in [2.05, 4.69) is 22.9 Å². The van der Waals surface area contributed by atoms with Crippen LogP contribution in [0.3, 0.4) is 0 Å². The summed E-state index contributed by atoms with van der Waals surface area (Å²) in [5.41, 5.74) is 3.99. The fourth-order valence-corrected chi connectivity index (χ4v) is 2.39. The van der Waals surface area contributed by atoms with Crippen molar-refractivity contribution in [2.75, 3.05) is 6.54 Å². The Balaban J connectivity index is 2.06. The molecular weight excluding hydrogens is 224 g/mol. The Kier molecular flexibility index (Phi) is 2.62. The fourth-order valence-electron chi connectivity index (χ4n) is 2.39. The maximum atomic E-state index is 8.81. The molecule has 2 aromatic rings. The highest BCUT2D eigenvalue weighted by Gasteiger charge is 2.17. The lowest BCUT2D eigenvalue weighted by atomic mass is 10.1. The second-order valence-electron chi connectivity index (χ2n) is 4.48. The molecule has 0 radical (unpaired) electrons. The lowest BCUT2D eigenvalue weighted by molar-refractivity contribution is 0.499. The Hall–Kier alpha value is -2.12. The first kappa shape index (κ1) is 11.0. The van der Waals surface area contributed by atoms with Gasteiger partial charge in [0.05, 0.1) is 23.9 Å². The fraction of sp³-hybridized carbons (Fsp3) is 0.286. The summed E-state index contributed by atoms with van der Waals surface area (Å²) in [6.07, 6.45) is 0. The lowest BCUT2D eigenvalue weighted by Gasteiger charge is -2.15. The molecule has 0 bridgehead atoms. The van der Waals surface area contributed by atoms with Crippen molar-refractivity contribution in [3.05, 3.63) is 41.3 Å². The second-order valence-corrected chi connectivity index (χ2v) is 4.48. The van der Waals surface area contributed by atoms with E-state index in [1.54, 1.807) is 0 Å². The molecule has 18 heavy (non-hydrogen) atoms. The molecule has 0 spiro atoms. The van der Waals surface area contributed by atoms with Crippen molar-refractivity contribution in [3.63, 3.8) is 0 Å². The Morgan fingerprint density at radius 3 is 2.78 bits per heavy atom. The molecule has 0 unspecified atom stereocenters. The molecule has 1 N–H and O–H groups in total. The third-order valence-electron chi connectivity index (χ3n) is 3.38. The molecular formula is C14H14N4. The van der Waals surface area contributed by atoms with Gasteiger partial charge >= 0.3 is 0 Å². The van der Waals surface area contributed by atoms with Crippen molar-refractivity contribution in [2.45, 2.75) is 20.0 Å². The standard InChI is InChI=1S/C14H14N4/c1-10-14(12-4-2-11(8-15)3-5-12)17-13-9-16-6-7-18(10)13/h2-5,16H,6-7,9H2,1H3. The Bertz CT molecular complexity index is 616. The monoisotopic (exact) mass is 238 g/mol. The number of hydrogen-bond acceptors (Lipinski definition) is 3. The first-order valence-electron chi connectivity index (χ1n) is 6.07. The predicted octanol–water partition coefficient (Wildman–Crippen LogP) is 1.83. The van der Waals surface area contributed by atoms with Crippen molar-refractivity contribution in [3.8, 4) is 17.3 Å². The number of nitrogens with one attached hydrogen (secondary N) is 1. The van der Waals surface area contributed by atoms with Crippen LogP contribution in [0.5, 0.6) is 0 Å². The number of nitrogens with zero attached hydrogens (tertiary/aromatic N) is 3. The largest absolute Gasteiger partial charge is 0.329 e. The van der Waals surface area contributed by atoms with E-state index in [1.165, 1.54) is 5.69 Å². The molecule has 90 valence electrons. The maximum absolute atomic E-state index is 8.81. The van der Waals surface area contributed by atoms with Gasteiger partial charge in [0.2, 0.25) is 0 Å². The average Bonchev–Trinajstić information content (AvgIpc) is 2.77. The Morgan fingerprint density at radius 1 is 1.33 bits per heavy atom. The molecule has 2 heterocycles. The summed E-state index contributed by atoms with van der Waals surface area (Å²) in [4.78, 5) is 4.69. The van der Waals surface area contributed by atoms with E-state index in [1.807, 2.05) is 24.3 Å². The van der Waals surface area contributed by atoms with Gasteiger partial charge in [0.1, 0.15) is 5.82 Å². The molecule has 4 nitrogen and oxygen atoms in total. The third-order valence-corrected chi connectivity index (χ3v) is 3.38. The molecule has 0 saturated heterocycles. The summed E-state index contributed by atoms with van der Waals surface area (Å²) in [5.74, 6) is 1.10. The molecule has 1 aliphatic heterocycles. The molecule has 1 aliphatic rings. The molecule has 0 fully saturated rings. The minimum absolute atomic E-state index is 0.682. The number of hydrogen-bond donors (Lipinski definition) is 1. The first-order valence-corrected chi connectivity index (χ1v) is 6.07. The summed E-state index contributed by atoms with van der Waals surface area (Å²) >= 11 is 0. The van der Waals surface area contributed by atoms with Gasteiger partial charge in [-0.15, -0.1) is 0 Å². The van der Waals surface area contributed by atoms with E-state index in [9.17, 15) is 0 Å². The molecule has 4 heteroatoms. The van der Waals surface area contributed by atoms with E-state index in [0.717, 1.165) is 36.7 Å². The summed E-state index contributed by atoms with van der Waals surface area (Å²) in [5, 5.41) is 12.1. The van der Waals surface area contributed by atoms with Gasteiger partial charge in [-0.2, -0.15) is 5.26 Å². The molecule has 3 rings (SSSR count). The number of aromatic nitrogens is 2. The zero-order valence-electron chi connectivity index (χ0n) is 10.3. The number of nitriles is 1. The van der Waals surface area contributed by atoms with Crippen molar-refractivity contribution in [1.82, 2.24) is 14.9 Å². The second kappa shape index (κ2) is 4.28. The van der Waals surface area contributed by atoms with Crippen molar-refractivity contribution in [2.24, 2.45) is 0 Å². The molecule has 1 aromatic heterocycles. The minimum Gasteiger partial charge on any atom is -0.329 e. The average molecular weight is 238 g/mol. The smallest absolute Gasteiger partial charge is 0.123 e. The van der Waals surface area contributed by atoms with Crippen LogP contribution in [0, 0.1) is 18.3 Å². The van der Waals surface area contributed by atoms with E-state index < -0.39 is 0 Å². The highest BCUT2D eigenvalue weighted by atomic mass is 15.2. The van der Waals surface area contributed by atoms with Crippen LogP contribution in [0.1, 0.15) is 17.1 Å². The van der Waals surface area contributed by atoms with Crippen molar-refractivity contribution in [1.29, 1.82) is 5.26 Å². The summed E-state index contributed by atoms with van der Waals surface area (Å²) < 4.78 is 2.27. The van der Waals surface area contributed by atoms with Gasteiger partial charge in [-0.05, 0) is 19.1 Å². The van der Waals surface area contributed by atoms with Crippen LogP contribution in [0.25, 0.3) is 11.3 Å². The molecule has 0 atom stereocenters. The SMILES string of the molecule is Cc1c(-c2ccc(C#N)cc2)nc2n1CCNC2. The quantitative estimate of drug-likeness (QED) is 0.824. The minimum atomic E-state index is 0.682. The highest BCUT2D eigenvalue weighted by molar-refractivity contribution is 5.63. The zero-order valence-corrected chi connectivity index (χ0v) is 10.3. The van der Waals surface area contributed by atoms with Crippen LogP contribution < -0.4 is 5.32 Å². The maximum Gasteiger partial charge on any atom is 0.123 e. The summed E-state index contributed by atoms with van der Waals surface area (Å²) in [6, 6.07) is 9.74. The number of imidazole rings is 1. The predicted molar refractivity (Wildman–Crippen MR) is 68.8 cm³/mol. The van der Waals surface area contributed by atoms with Crippen molar-refractivity contribution < 1.29 is 0 Å². The van der Waals surface area contributed by atoms with Gasteiger partial charge in [-0.25, -0.2) is 4.98 Å². The van der Waals surface area contributed by atoms with Crippen LogP contribution in [-0.2, 0) is 13.1 Å². The summed E-state index contributed by atoms with van der Waals surface area (Å²) in [7, 11) is 0. The Labute approximate surface area is 106 Å². The van der Waals surface area contributed by atoms with E-state index in [-0.39, 0.29) is 0 Å². The van der Waals surface area contributed by atoms with Crippen LogP contribution in [0.15, 0.2) is 24.3 Å². The number of rotatable bonds is 1. The molecule has 0 saturated carbocycles. The first-order chi connectivity index (χ1) is 8.79. The van der Waals surface area contributed by atoms with E-state index in [0.29, 0.717) is 5.56 Å². The third kappa shape index (κ3) is 1.69. The normalized spacial score (nSPS) is 14.0. The zero-order chi connectivity index (χ0) is 12.5. The lowest BCUT2D eigenvalue weighted by Crippen LogP contribution is -2.28. The van der Waals surface area contributed by atoms with Crippen LogP contribution in [-0.4, -0.2) is 16.1 Å².